The van der Waals surface area contributed by atoms with E-state index in [1.807, 2.05) is 18.3 Å². The molecule has 2 aromatic heterocycles. The van der Waals surface area contributed by atoms with Crippen molar-refractivity contribution in [2.75, 3.05) is 55.6 Å². The molecule has 0 saturated carbocycles. The van der Waals surface area contributed by atoms with Crippen molar-refractivity contribution < 1.29 is 4.79 Å². The van der Waals surface area contributed by atoms with Gasteiger partial charge in [0.15, 0.2) is 5.13 Å². The molecule has 2 saturated heterocycles. The predicted molar refractivity (Wildman–Crippen MR) is 144 cm³/mol. The summed E-state index contributed by atoms with van der Waals surface area (Å²) in [7, 11) is 0. The van der Waals surface area contributed by atoms with Gasteiger partial charge in [-0.25, -0.2) is 9.97 Å². The average Bonchev–Trinajstić information content (AvgIpc) is 3.31. The molecule has 2 fully saturated rings. The molecule has 2 aliphatic rings. The Morgan fingerprint density at radius 3 is 2.77 bits per heavy atom. The maximum atomic E-state index is 12.7. The molecule has 1 aromatic carbocycles. The molecule has 186 valence electrons. The number of aromatic nitrogens is 2. The van der Waals surface area contributed by atoms with Crippen molar-refractivity contribution >= 4 is 38.4 Å². The third-order valence-electron chi connectivity index (χ3n) is 7.29. The van der Waals surface area contributed by atoms with E-state index in [-0.39, 0.29) is 11.8 Å². The molecule has 1 unspecified atom stereocenters. The smallest absolute Gasteiger partial charge is 0.223 e. The van der Waals surface area contributed by atoms with Crippen LogP contribution >= 0.6 is 11.3 Å². The molecular formula is C27H36N6OS. The predicted octanol–water partition coefficient (Wildman–Crippen LogP) is 3.93. The maximum absolute atomic E-state index is 12.7. The van der Waals surface area contributed by atoms with Crippen molar-refractivity contribution in [2.24, 2.45) is 5.92 Å². The second-order valence-electron chi connectivity index (χ2n) is 9.91. The highest BCUT2D eigenvalue weighted by atomic mass is 32.1. The summed E-state index contributed by atoms with van der Waals surface area (Å²) < 4.78 is 0. The quantitative estimate of drug-likeness (QED) is 0.504. The molecule has 35 heavy (non-hydrogen) atoms. The third-order valence-corrected chi connectivity index (χ3v) is 8.33. The number of anilines is 2. The molecule has 4 heterocycles. The molecule has 0 bridgehead atoms. The van der Waals surface area contributed by atoms with Crippen LogP contribution < -0.4 is 15.1 Å². The van der Waals surface area contributed by atoms with E-state index in [1.54, 1.807) is 11.3 Å². The summed E-state index contributed by atoms with van der Waals surface area (Å²) in [6, 6.07) is 13.2. The molecule has 1 N–H and O–H groups in total. The van der Waals surface area contributed by atoms with E-state index in [4.69, 9.17) is 4.98 Å². The van der Waals surface area contributed by atoms with E-state index in [9.17, 15) is 4.79 Å². The van der Waals surface area contributed by atoms with Crippen molar-refractivity contribution in [2.45, 2.75) is 39.2 Å². The number of pyridine rings is 1. The van der Waals surface area contributed by atoms with Crippen LogP contribution in [0.5, 0.6) is 0 Å². The zero-order valence-electron chi connectivity index (χ0n) is 20.8. The summed E-state index contributed by atoms with van der Waals surface area (Å²) in [5.41, 5.74) is 3.60. The topological polar surface area (TPSA) is 64.6 Å². The van der Waals surface area contributed by atoms with Gasteiger partial charge in [-0.2, -0.15) is 0 Å². The van der Waals surface area contributed by atoms with E-state index in [0.717, 1.165) is 80.6 Å². The number of carbonyl (C=O) groups excluding carboxylic acids is 1. The number of nitrogens with zero attached hydrogens (tertiary/aromatic N) is 5. The lowest BCUT2D eigenvalue weighted by Crippen LogP contribution is -2.52. The number of carbonyl (C=O) groups is 1. The summed E-state index contributed by atoms with van der Waals surface area (Å²) in [6.45, 7) is 11.2. The average molecular weight is 493 g/mol. The van der Waals surface area contributed by atoms with Crippen molar-refractivity contribution in [1.82, 2.24) is 20.2 Å². The molecule has 0 aliphatic carbocycles. The Labute approximate surface area is 212 Å². The first-order valence-corrected chi connectivity index (χ1v) is 13.7. The van der Waals surface area contributed by atoms with E-state index in [2.05, 4.69) is 63.1 Å². The highest BCUT2D eigenvalue weighted by Gasteiger charge is 2.27. The fourth-order valence-corrected chi connectivity index (χ4v) is 6.27. The Bertz CT molecular complexity index is 1110. The van der Waals surface area contributed by atoms with Crippen LogP contribution in [0.2, 0.25) is 0 Å². The van der Waals surface area contributed by atoms with Gasteiger partial charge in [-0.05, 0) is 69.5 Å². The zero-order valence-corrected chi connectivity index (χ0v) is 21.6. The number of piperazine rings is 1. The molecule has 2 aliphatic heterocycles. The number of amides is 1. The number of rotatable bonds is 7. The van der Waals surface area contributed by atoms with Crippen LogP contribution in [0.15, 0.2) is 42.6 Å². The van der Waals surface area contributed by atoms with E-state index >= 15 is 0 Å². The van der Waals surface area contributed by atoms with Crippen molar-refractivity contribution in [3.05, 3.63) is 48.2 Å². The SMILES string of the molecule is Cc1cccc(N2CCN(CCCNC(=O)C3CCN(c4nc5cccnc5s4)CC3)CC2C)c1. The second-order valence-corrected chi connectivity index (χ2v) is 10.9. The van der Waals surface area contributed by atoms with Gasteiger partial charge in [0, 0.05) is 63.1 Å². The minimum atomic E-state index is 0.108. The van der Waals surface area contributed by atoms with Crippen molar-refractivity contribution in [1.29, 1.82) is 0 Å². The number of hydrogen-bond acceptors (Lipinski definition) is 7. The van der Waals surface area contributed by atoms with Crippen LogP contribution in [0.4, 0.5) is 10.8 Å². The van der Waals surface area contributed by atoms with Gasteiger partial charge in [-0.1, -0.05) is 23.5 Å². The van der Waals surface area contributed by atoms with Gasteiger partial charge in [-0.15, -0.1) is 0 Å². The van der Waals surface area contributed by atoms with Gasteiger partial charge >= 0.3 is 0 Å². The van der Waals surface area contributed by atoms with Crippen LogP contribution in [0.3, 0.4) is 0 Å². The largest absolute Gasteiger partial charge is 0.366 e. The molecule has 3 aromatic rings. The zero-order chi connectivity index (χ0) is 24.2. The Kier molecular flexibility index (Phi) is 7.48. The van der Waals surface area contributed by atoms with E-state index in [0.29, 0.717) is 6.04 Å². The van der Waals surface area contributed by atoms with Crippen LogP contribution in [0.1, 0.15) is 31.7 Å². The van der Waals surface area contributed by atoms with Crippen molar-refractivity contribution in [3.63, 3.8) is 0 Å². The molecule has 0 radical (unpaired) electrons. The number of piperidine rings is 1. The van der Waals surface area contributed by atoms with Crippen LogP contribution in [-0.2, 0) is 4.79 Å². The fourth-order valence-electron chi connectivity index (χ4n) is 5.31. The highest BCUT2D eigenvalue weighted by Crippen LogP contribution is 2.30. The Morgan fingerprint density at radius 2 is 2.00 bits per heavy atom. The summed E-state index contributed by atoms with van der Waals surface area (Å²) in [4.78, 5) is 30.2. The lowest BCUT2D eigenvalue weighted by atomic mass is 9.96. The van der Waals surface area contributed by atoms with Gasteiger partial charge < -0.3 is 15.1 Å². The molecule has 8 heteroatoms. The van der Waals surface area contributed by atoms with Crippen molar-refractivity contribution in [3.8, 4) is 0 Å². The minimum absolute atomic E-state index is 0.108. The molecule has 1 amide bonds. The Morgan fingerprint density at radius 1 is 1.14 bits per heavy atom. The van der Waals surface area contributed by atoms with Gasteiger partial charge in [0.2, 0.25) is 5.91 Å². The lowest BCUT2D eigenvalue weighted by Gasteiger charge is -2.41. The summed E-state index contributed by atoms with van der Waals surface area (Å²) in [6.07, 6.45) is 4.58. The standard InChI is InChI=1S/C27H36N6OS/c1-20-6-3-7-23(18-20)33-17-16-31(19-21(33)2)13-5-12-28-25(34)22-9-14-32(15-10-22)27-30-24-8-4-11-29-26(24)35-27/h3-4,6-8,11,18,21-22H,5,9-10,12-17,19H2,1-2H3,(H,28,34). The van der Waals surface area contributed by atoms with E-state index < -0.39 is 0 Å². The monoisotopic (exact) mass is 492 g/mol. The van der Waals surface area contributed by atoms with Gasteiger partial charge in [0.25, 0.3) is 0 Å². The fraction of sp³-hybridized carbons (Fsp3) is 0.519. The van der Waals surface area contributed by atoms with Crippen LogP contribution in [-0.4, -0.2) is 72.6 Å². The summed E-state index contributed by atoms with van der Waals surface area (Å²) in [5.74, 6) is 0.324. The number of benzene rings is 1. The van der Waals surface area contributed by atoms with Crippen LogP contribution in [0, 0.1) is 12.8 Å². The molecule has 0 spiro atoms. The number of hydrogen-bond donors (Lipinski definition) is 1. The van der Waals surface area contributed by atoms with Gasteiger partial charge in [-0.3, -0.25) is 9.69 Å². The summed E-state index contributed by atoms with van der Waals surface area (Å²) in [5, 5.41) is 4.23. The molecule has 1 atom stereocenters. The minimum Gasteiger partial charge on any atom is -0.366 e. The normalized spacial score (nSPS) is 19.9. The van der Waals surface area contributed by atoms with Gasteiger partial charge in [0.1, 0.15) is 10.3 Å². The molecule has 7 nitrogen and oxygen atoms in total. The Balaban J connectivity index is 1.01. The molecular weight excluding hydrogens is 456 g/mol. The lowest BCUT2D eigenvalue weighted by molar-refractivity contribution is -0.125. The number of nitrogens with one attached hydrogen (secondary N) is 1. The highest BCUT2D eigenvalue weighted by molar-refractivity contribution is 7.21. The number of thiazole rings is 1. The molecule has 5 rings (SSSR count). The number of fused-ring (bicyclic) bond motifs is 1. The van der Waals surface area contributed by atoms with Gasteiger partial charge in [0.05, 0.1) is 0 Å². The van der Waals surface area contributed by atoms with E-state index in [1.165, 1.54) is 11.3 Å². The number of aryl methyl sites for hydroxylation is 1. The maximum Gasteiger partial charge on any atom is 0.223 e. The van der Waals surface area contributed by atoms with Crippen LogP contribution in [0.25, 0.3) is 10.3 Å². The third kappa shape index (κ3) is 5.76. The summed E-state index contributed by atoms with van der Waals surface area (Å²) >= 11 is 1.64. The first kappa shape index (κ1) is 24.0. The first-order valence-electron chi connectivity index (χ1n) is 12.9. The Hall–Kier alpha value is -2.71. The first-order chi connectivity index (χ1) is 17.1. The second kappa shape index (κ2) is 10.9.